The summed E-state index contributed by atoms with van der Waals surface area (Å²) >= 11 is 0. The number of alkyl halides is 3. The molecule has 0 aliphatic rings. The van der Waals surface area contributed by atoms with Gasteiger partial charge in [0.2, 0.25) is 0 Å². The zero-order valence-corrected chi connectivity index (χ0v) is 14.2. The van der Waals surface area contributed by atoms with E-state index in [1.54, 1.807) is 19.9 Å². The van der Waals surface area contributed by atoms with Crippen molar-refractivity contribution in [3.8, 4) is 0 Å². The molecule has 0 saturated carbocycles. The van der Waals surface area contributed by atoms with Crippen molar-refractivity contribution < 1.29 is 18.3 Å². The van der Waals surface area contributed by atoms with Gasteiger partial charge in [0.1, 0.15) is 5.82 Å². The van der Waals surface area contributed by atoms with E-state index in [2.05, 4.69) is 20.4 Å². The van der Waals surface area contributed by atoms with E-state index < -0.39 is 24.1 Å². The van der Waals surface area contributed by atoms with E-state index in [9.17, 15) is 18.3 Å². The van der Waals surface area contributed by atoms with Crippen molar-refractivity contribution in [3.05, 3.63) is 53.5 Å². The van der Waals surface area contributed by atoms with Gasteiger partial charge in [-0.2, -0.15) is 22.7 Å². The summed E-state index contributed by atoms with van der Waals surface area (Å²) in [6.45, 7) is 3.40. The molecule has 1 aromatic carbocycles. The molecule has 2 unspecified atom stereocenters. The van der Waals surface area contributed by atoms with Gasteiger partial charge in [-0.1, -0.05) is 30.3 Å². The zero-order chi connectivity index (χ0) is 18.9. The highest BCUT2D eigenvalue weighted by molar-refractivity contribution is 5.46. The summed E-state index contributed by atoms with van der Waals surface area (Å²) in [5.41, 5.74) is 1.45. The Morgan fingerprint density at radius 1 is 1.19 bits per heavy atom. The molecular formula is C17H18F3N5O. The molecule has 3 aromatic rings. The van der Waals surface area contributed by atoms with Crippen LogP contribution >= 0.6 is 0 Å². The first kappa shape index (κ1) is 18.1. The Labute approximate surface area is 147 Å². The Kier molecular flexibility index (Phi) is 4.82. The lowest BCUT2D eigenvalue weighted by molar-refractivity contribution is -0.144. The van der Waals surface area contributed by atoms with Crippen LogP contribution in [0.4, 0.5) is 19.0 Å². The molecule has 2 aromatic heterocycles. The number of aromatic nitrogens is 4. The maximum atomic E-state index is 12.9. The smallest absolute Gasteiger partial charge is 0.391 e. The molecule has 0 amide bonds. The van der Waals surface area contributed by atoms with E-state index in [4.69, 9.17) is 0 Å². The summed E-state index contributed by atoms with van der Waals surface area (Å²) in [4.78, 5) is 7.42. The molecule has 3 rings (SSSR count). The summed E-state index contributed by atoms with van der Waals surface area (Å²) in [6, 6.07) is 10.6. The number of fused-ring (bicyclic) bond motifs is 1. The number of rotatable bonds is 5. The molecule has 0 fully saturated rings. The van der Waals surface area contributed by atoms with E-state index in [1.165, 1.54) is 0 Å². The first-order chi connectivity index (χ1) is 12.2. The third kappa shape index (κ3) is 3.93. The predicted molar refractivity (Wildman–Crippen MR) is 89.8 cm³/mol. The third-order valence-electron chi connectivity index (χ3n) is 3.93. The maximum Gasteiger partial charge on any atom is 0.453 e. The second-order valence-electron chi connectivity index (χ2n) is 6.12. The molecule has 26 heavy (non-hydrogen) atoms. The highest BCUT2D eigenvalue weighted by atomic mass is 19.4. The number of benzene rings is 1. The highest BCUT2D eigenvalue weighted by Crippen LogP contribution is 2.27. The number of aliphatic hydroxyl groups is 1. The summed E-state index contributed by atoms with van der Waals surface area (Å²) in [7, 11) is 0. The molecule has 2 heterocycles. The van der Waals surface area contributed by atoms with Crippen molar-refractivity contribution in [2.75, 3.05) is 5.32 Å². The second kappa shape index (κ2) is 6.91. The van der Waals surface area contributed by atoms with Gasteiger partial charge in [0.15, 0.2) is 0 Å². The van der Waals surface area contributed by atoms with Crippen LogP contribution in [-0.4, -0.2) is 36.8 Å². The van der Waals surface area contributed by atoms with Crippen LogP contribution in [0.1, 0.15) is 24.0 Å². The quantitative estimate of drug-likeness (QED) is 0.727. The first-order valence-corrected chi connectivity index (χ1v) is 8.04. The van der Waals surface area contributed by atoms with Crippen LogP contribution in [0.25, 0.3) is 5.78 Å². The van der Waals surface area contributed by atoms with Gasteiger partial charge >= 0.3 is 6.18 Å². The number of aliphatic hydroxyl groups excluding tert-OH is 1. The predicted octanol–water partition coefficient (Wildman–Crippen LogP) is 2.86. The average Bonchev–Trinajstić information content (AvgIpc) is 3.00. The average molecular weight is 365 g/mol. The van der Waals surface area contributed by atoms with E-state index in [1.807, 2.05) is 30.3 Å². The summed E-state index contributed by atoms with van der Waals surface area (Å²) in [5, 5.41) is 16.9. The van der Waals surface area contributed by atoms with Gasteiger partial charge in [0, 0.05) is 18.2 Å². The second-order valence-corrected chi connectivity index (χ2v) is 6.12. The van der Waals surface area contributed by atoms with Crippen LogP contribution in [-0.2, 0) is 12.6 Å². The van der Waals surface area contributed by atoms with Crippen molar-refractivity contribution in [2.45, 2.75) is 38.6 Å². The minimum Gasteiger partial charge on any atom is -0.391 e. The molecule has 0 aliphatic carbocycles. The summed E-state index contributed by atoms with van der Waals surface area (Å²) in [5.74, 6) is -1.11. The largest absolute Gasteiger partial charge is 0.453 e. The molecule has 0 saturated heterocycles. The van der Waals surface area contributed by atoms with Crippen molar-refractivity contribution in [2.24, 2.45) is 0 Å². The van der Waals surface area contributed by atoms with Crippen LogP contribution in [0.5, 0.6) is 0 Å². The molecule has 2 atom stereocenters. The normalized spacial score (nSPS) is 14.4. The zero-order valence-electron chi connectivity index (χ0n) is 14.2. The maximum absolute atomic E-state index is 12.9. The molecule has 9 heteroatoms. The fraction of sp³-hybridized carbons (Fsp3) is 0.353. The molecular weight excluding hydrogens is 347 g/mol. The SMILES string of the molecule is Cc1cc(NC(C)C(O)Cc2ccccc2)n2nc(C(F)(F)F)nc2n1. The molecule has 0 spiro atoms. The topological polar surface area (TPSA) is 75.3 Å². The Morgan fingerprint density at radius 3 is 2.54 bits per heavy atom. The first-order valence-electron chi connectivity index (χ1n) is 8.04. The van der Waals surface area contributed by atoms with E-state index in [-0.39, 0.29) is 11.6 Å². The fourth-order valence-corrected chi connectivity index (χ4v) is 2.57. The molecule has 2 N–H and O–H groups in total. The summed E-state index contributed by atoms with van der Waals surface area (Å²) < 4.78 is 39.6. The highest BCUT2D eigenvalue weighted by Gasteiger charge is 2.37. The number of nitrogens with zero attached hydrogens (tertiary/aromatic N) is 4. The number of aryl methyl sites for hydroxylation is 1. The minimum atomic E-state index is -4.66. The van der Waals surface area contributed by atoms with Crippen LogP contribution in [0, 0.1) is 6.92 Å². The standard InChI is InChI=1S/C17H18F3N5O/c1-10-8-14(25-16(21-10)23-15(24-25)17(18,19)20)22-11(2)13(26)9-12-6-4-3-5-7-12/h3-8,11,13,22,26H,9H2,1-2H3. The third-order valence-corrected chi connectivity index (χ3v) is 3.93. The molecule has 0 bridgehead atoms. The Hall–Kier alpha value is -2.68. The van der Waals surface area contributed by atoms with Gasteiger partial charge in [-0.25, -0.2) is 4.98 Å². The number of nitrogens with one attached hydrogen (secondary N) is 1. The van der Waals surface area contributed by atoms with Crippen molar-refractivity contribution >= 4 is 11.6 Å². The van der Waals surface area contributed by atoms with Gasteiger partial charge in [-0.05, 0) is 19.4 Å². The van der Waals surface area contributed by atoms with Gasteiger partial charge in [0.05, 0.1) is 12.1 Å². The molecule has 6 nitrogen and oxygen atoms in total. The number of hydrogen-bond donors (Lipinski definition) is 2. The van der Waals surface area contributed by atoms with Crippen LogP contribution in [0.3, 0.4) is 0 Å². The van der Waals surface area contributed by atoms with Crippen molar-refractivity contribution in [1.29, 1.82) is 0 Å². The lowest BCUT2D eigenvalue weighted by Gasteiger charge is -2.21. The Bertz CT molecular complexity index is 895. The Balaban J connectivity index is 1.84. The van der Waals surface area contributed by atoms with Gasteiger partial charge in [0.25, 0.3) is 11.6 Å². The van der Waals surface area contributed by atoms with Crippen LogP contribution in [0.2, 0.25) is 0 Å². The van der Waals surface area contributed by atoms with E-state index in [0.717, 1.165) is 10.1 Å². The van der Waals surface area contributed by atoms with E-state index >= 15 is 0 Å². The number of hydrogen-bond acceptors (Lipinski definition) is 5. The van der Waals surface area contributed by atoms with Crippen molar-refractivity contribution in [3.63, 3.8) is 0 Å². The monoisotopic (exact) mass is 365 g/mol. The minimum absolute atomic E-state index is 0.149. The van der Waals surface area contributed by atoms with Gasteiger partial charge in [-0.15, -0.1) is 5.10 Å². The van der Waals surface area contributed by atoms with Crippen LogP contribution in [0.15, 0.2) is 36.4 Å². The molecule has 0 aliphatic heterocycles. The molecule has 138 valence electrons. The lowest BCUT2D eigenvalue weighted by Crippen LogP contribution is -2.33. The lowest BCUT2D eigenvalue weighted by atomic mass is 10.0. The number of halogens is 3. The number of anilines is 1. The van der Waals surface area contributed by atoms with Gasteiger partial charge in [-0.3, -0.25) is 0 Å². The fourth-order valence-electron chi connectivity index (χ4n) is 2.57. The molecule has 0 radical (unpaired) electrons. The summed E-state index contributed by atoms with van der Waals surface area (Å²) in [6.07, 6.45) is -4.99. The Morgan fingerprint density at radius 2 is 1.88 bits per heavy atom. The van der Waals surface area contributed by atoms with Crippen LogP contribution < -0.4 is 5.32 Å². The van der Waals surface area contributed by atoms with Gasteiger partial charge < -0.3 is 10.4 Å². The van der Waals surface area contributed by atoms with Crippen molar-refractivity contribution in [1.82, 2.24) is 19.6 Å². The van der Waals surface area contributed by atoms with E-state index in [0.29, 0.717) is 12.1 Å².